The van der Waals surface area contributed by atoms with Gasteiger partial charge >= 0.3 is 0 Å². The fraction of sp³-hybridized carbons (Fsp3) is 0.609. The van der Waals surface area contributed by atoms with Crippen LogP contribution in [-0.4, -0.2) is 59.0 Å². The molecule has 1 amide bonds. The number of ether oxygens (including phenoxy) is 1. The number of aromatic amines is 1. The Morgan fingerprint density at radius 3 is 2.46 bits per heavy atom. The fourth-order valence-corrected chi connectivity index (χ4v) is 4.38. The Hall–Kier alpha value is -2.01. The van der Waals surface area contributed by atoms with Crippen molar-refractivity contribution in [3.8, 4) is 5.75 Å². The maximum atomic E-state index is 12.8. The summed E-state index contributed by atoms with van der Waals surface area (Å²) in [5.41, 5.74) is 1.68. The first-order valence-corrected chi connectivity index (χ1v) is 10.8. The molecule has 2 fully saturated rings. The van der Waals surface area contributed by atoms with Gasteiger partial charge in [-0.3, -0.25) is 4.79 Å². The summed E-state index contributed by atoms with van der Waals surface area (Å²) in [6, 6.07) is 8.70. The number of carbonyl (C=O) groups is 1. The van der Waals surface area contributed by atoms with Crippen LogP contribution in [0.25, 0.3) is 10.9 Å². The van der Waals surface area contributed by atoms with Gasteiger partial charge in [0.25, 0.3) is 5.91 Å². The van der Waals surface area contributed by atoms with E-state index >= 15 is 0 Å². The van der Waals surface area contributed by atoms with Crippen LogP contribution in [0.3, 0.4) is 0 Å². The lowest BCUT2D eigenvalue weighted by Gasteiger charge is -2.34. The zero-order valence-electron chi connectivity index (χ0n) is 17.4. The SMILES string of the molecule is CC1CCN(C(=O)c2cc3cc(OC4CCN(C(C)C)CC4)ccc3[nH]2)CC1. The van der Waals surface area contributed by atoms with E-state index in [9.17, 15) is 4.79 Å². The highest BCUT2D eigenvalue weighted by Gasteiger charge is 2.24. The Morgan fingerprint density at radius 1 is 1.07 bits per heavy atom. The standard InChI is InChI=1S/C23H33N3O2/c1-16(2)25-12-8-19(9-13-25)28-20-4-5-21-18(14-20)15-22(24-21)23(27)26-10-6-17(3)7-11-26/h4-5,14-17,19,24H,6-13H2,1-3H3. The van der Waals surface area contributed by atoms with Gasteiger partial charge in [0, 0.05) is 43.1 Å². The number of nitrogens with zero attached hydrogens (tertiary/aromatic N) is 2. The van der Waals surface area contributed by atoms with Gasteiger partial charge in [-0.2, -0.15) is 0 Å². The van der Waals surface area contributed by atoms with E-state index in [2.05, 4.69) is 36.7 Å². The predicted molar refractivity (Wildman–Crippen MR) is 113 cm³/mol. The predicted octanol–water partition coefficient (Wildman–Crippen LogP) is 4.29. The number of piperidine rings is 2. The fourth-order valence-electron chi connectivity index (χ4n) is 4.38. The second-order valence-corrected chi connectivity index (χ2v) is 8.85. The highest BCUT2D eigenvalue weighted by molar-refractivity contribution is 5.98. The summed E-state index contributed by atoms with van der Waals surface area (Å²) in [6.07, 6.45) is 4.61. The summed E-state index contributed by atoms with van der Waals surface area (Å²) in [4.78, 5) is 20.6. The molecule has 2 aromatic rings. The van der Waals surface area contributed by atoms with E-state index in [0.717, 1.165) is 74.4 Å². The number of nitrogens with one attached hydrogen (secondary N) is 1. The smallest absolute Gasteiger partial charge is 0.270 e. The second kappa shape index (κ2) is 8.16. The van der Waals surface area contributed by atoms with Gasteiger partial charge < -0.3 is 19.5 Å². The number of carbonyl (C=O) groups excluding carboxylic acids is 1. The number of amides is 1. The zero-order chi connectivity index (χ0) is 19.7. The van der Waals surface area contributed by atoms with E-state index in [0.29, 0.717) is 11.7 Å². The van der Waals surface area contributed by atoms with Crippen molar-refractivity contribution >= 4 is 16.8 Å². The number of rotatable bonds is 4. The molecule has 28 heavy (non-hydrogen) atoms. The first-order chi connectivity index (χ1) is 13.5. The Morgan fingerprint density at radius 2 is 1.79 bits per heavy atom. The van der Waals surface area contributed by atoms with Gasteiger partial charge in [-0.05, 0) is 69.7 Å². The number of aromatic nitrogens is 1. The Labute approximate surface area is 168 Å². The molecule has 0 bridgehead atoms. The Balaban J connectivity index is 1.41. The molecule has 152 valence electrons. The first-order valence-electron chi connectivity index (χ1n) is 10.8. The van der Waals surface area contributed by atoms with Crippen LogP contribution in [0, 0.1) is 5.92 Å². The quantitative estimate of drug-likeness (QED) is 0.857. The number of benzene rings is 1. The third-order valence-electron chi connectivity index (χ3n) is 6.40. The molecule has 1 aromatic carbocycles. The molecule has 0 atom stereocenters. The van der Waals surface area contributed by atoms with E-state index in [1.165, 1.54) is 0 Å². The summed E-state index contributed by atoms with van der Waals surface area (Å²) < 4.78 is 6.25. The van der Waals surface area contributed by atoms with E-state index in [1.54, 1.807) is 0 Å². The van der Waals surface area contributed by atoms with E-state index < -0.39 is 0 Å². The molecule has 2 aliphatic rings. The maximum absolute atomic E-state index is 12.8. The third-order valence-corrected chi connectivity index (χ3v) is 6.40. The van der Waals surface area contributed by atoms with Gasteiger partial charge in [0.2, 0.25) is 0 Å². The zero-order valence-corrected chi connectivity index (χ0v) is 17.4. The molecule has 1 aromatic heterocycles. The van der Waals surface area contributed by atoms with Crippen LogP contribution < -0.4 is 4.74 Å². The molecular formula is C23H33N3O2. The maximum Gasteiger partial charge on any atom is 0.270 e. The van der Waals surface area contributed by atoms with Crippen molar-refractivity contribution in [3.05, 3.63) is 30.0 Å². The third kappa shape index (κ3) is 4.19. The first kappa shape index (κ1) is 19.3. The summed E-state index contributed by atoms with van der Waals surface area (Å²) in [5, 5.41) is 1.05. The Bertz CT molecular complexity index is 812. The molecule has 0 aliphatic carbocycles. The van der Waals surface area contributed by atoms with Crippen molar-refractivity contribution < 1.29 is 9.53 Å². The minimum absolute atomic E-state index is 0.117. The van der Waals surface area contributed by atoms with Crippen LogP contribution in [0.4, 0.5) is 0 Å². The number of fused-ring (bicyclic) bond motifs is 1. The summed E-state index contributed by atoms with van der Waals surface area (Å²) >= 11 is 0. The molecule has 0 radical (unpaired) electrons. The monoisotopic (exact) mass is 383 g/mol. The molecular weight excluding hydrogens is 350 g/mol. The topological polar surface area (TPSA) is 48.6 Å². The normalized spacial score (nSPS) is 20.2. The number of hydrogen-bond donors (Lipinski definition) is 1. The second-order valence-electron chi connectivity index (χ2n) is 8.85. The number of hydrogen-bond acceptors (Lipinski definition) is 3. The van der Waals surface area contributed by atoms with Crippen molar-refractivity contribution in [2.45, 2.75) is 58.6 Å². The van der Waals surface area contributed by atoms with Gasteiger partial charge in [-0.1, -0.05) is 6.92 Å². The highest BCUT2D eigenvalue weighted by Crippen LogP contribution is 2.26. The van der Waals surface area contributed by atoms with Crippen molar-refractivity contribution in [2.24, 2.45) is 5.92 Å². The molecule has 0 saturated carbocycles. The molecule has 2 aliphatic heterocycles. The molecule has 0 spiro atoms. The van der Waals surface area contributed by atoms with E-state index in [1.807, 2.05) is 23.1 Å². The van der Waals surface area contributed by atoms with Gasteiger partial charge in [0.1, 0.15) is 17.5 Å². The minimum Gasteiger partial charge on any atom is -0.490 e. The molecule has 0 unspecified atom stereocenters. The van der Waals surface area contributed by atoms with Crippen LogP contribution in [-0.2, 0) is 0 Å². The van der Waals surface area contributed by atoms with Gasteiger partial charge in [0.05, 0.1) is 0 Å². The van der Waals surface area contributed by atoms with Crippen molar-refractivity contribution in [2.75, 3.05) is 26.2 Å². The lowest BCUT2D eigenvalue weighted by atomic mass is 9.99. The Kier molecular flexibility index (Phi) is 5.63. The summed E-state index contributed by atoms with van der Waals surface area (Å²) in [7, 11) is 0. The van der Waals surface area contributed by atoms with Gasteiger partial charge in [-0.25, -0.2) is 0 Å². The molecule has 4 rings (SSSR count). The van der Waals surface area contributed by atoms with Crippen molar-refractivity contribution in [1.29, 1.82) is 0 Å². The molecule has 1 N–H and O–H groups in total. The van der Waals surface area contributed by atoms with E-state index in [-0.39, 0.29) is 12.0 Å². The van der Waals surface area contributed by atoms with Gasteiger partial charge in [-0.15, -0.1) is 0 Å². The molecule has 5 heteroatoms. The molecule has 2 saturated heterocycles. The van der Waals surface area contributed by atoms with Crippen LogP contribution in [0.15, 0.2) is 24.3 Å². The van der Waals surface area contributed by atoms with Crippen LogP contribution in [0.5, 0.6) is 5.75 Å². The minimum atomic E-state index is 0.117. The highest BCUT2D eigenvalue weighted by atomic mass is 16.5. The van der Waals surface area contributed by atoms with E-state index in [4.69, 9.17) is 4.74 Å². The summed E-state index contributed by atoms with van der Waals surface area (Å²) in [6.45, 7) is 10.7. The average molecular weight is 384 g/mol. The number of H-pyrrole nitrogens is 1. The average Bonchev–Trinajstić information content (AvgIpc) is 3.12. The largest absolute Gasteiger partial charge is 0.490 e. The van der Waals surface area contributed by atoms with Crippen LogP contribution in [0.1, 0.15) is 56.9 Å². The number of likely N-dealkylation sites (tertiary alicyclic amines) is 2. The van der Waals surface area contributed by atoms with Crippen molar-refractivity contribution in [3.63, 3.8) is 0 Å². The van der Waals surface area contributed by atoms with Gasteiger partial charge in [0.15, 0.2) is 0 Å². The van der Waals surface area contributed by atoms with Crippen LogP contribution >= 0.6 is 0 Å². The van der Waals surface area contributed by atoms with Crippen molar-refractivity contribution in [1.82, 2.24) is 14.8 Å². The molecule has 3 heterocycles. The lowest BCUT2D eigenvalue weighted by Crippen LogP contribution is -2.41. The lowest BCUT2D eigenvalue weighted by molar-refractivity contribution is 0.0692. The van der Waals surface area contributed by atoms with Crippen LogP contribution in [0.2, 0.25) is 0 Å². The summed E-state index contributed by atoms with van der Waals surface area (Å²) in [5.74, 6) is 1.74. The molecule has 5 nitrogen and oxygen atoms in total.